The van der Waals surface area contributed by atoms with Crippen LogP contribution in [0.4, 0.5) is 0 Å². The molecule has 3 aromatic rings. The van der Waals surface area contributed by atoms with E-state index in [1.807, 2.05) is 48.5 Å². The maximum atomic E-state index is 5.65. The van der Waals surface area contributed by atoms with Gasteiger partial charge in [-0.25, -0.2) is 0 Å². The Bertz CT molecular complexity index is 718. The van der Waals surface area contributed by atoms with Crippen molar-refractivity contribution < 1.29 is 39.0 Å². The predicted octanol–water partition coefficient (Wildman–Crippen LogP) is 1.73. The molecule has 0 aliphatic heterocycles. The van der Waals surface area contributed by atoms with Gasteiger partial charge in [0.25, 0.3) is 0 Å². The van der Waals surface area contributed by atoms with Crippen molar-refractivity contribution in [2.24, 2.45) is 0 Å². The summed E-state index contributed by atoms with van der Waals surface area (Å²) >= 11 is 0. The summed E-state index contributed by atoms with van der Waals surface area (Å²) in [7, 11) is 3.33. The van der Waals surface area contributed by atoms with Crippen molar-refractivity contribution >= 4 is 0 Å². The third-order valence-corrected chi connectivity index (χ3v) is 3.80. The Hall–Kier alpha value is -1.87. The van der Waals surface area contributed by atoms with Crippen LogP contribution in [0.1, 0.15) is 16.7 Å². The smallest absolute Gasteiger partial charge is 0.517 e. The van der Waals surface area contributed by atoms with Crippen LogP contribution in [-0.2, 0) is 0 Å². The Morgan fingerprint density at radius 3 is 1.62 bits per heavy atom. The van der Waals surface area contributed by atoms with Crippen molar-refractivity contribution in [2.45, 2.75) is 0 Å². The molecule has 0 fully saturated rings. The van der Waals surface area contributed by atoms with Crippen LogP contribution in [0.15, 0.2) is 78.9 Å². The first-order chi connectivity index (χ1) is 11.3. The maximum Gasteiger partial charge on any atom is 1.00 e. The van der Waals surface area contributed by atoms with Crippen LogP contribution < -0.4 is 39.0 Å². The summed E-state index contributed by atoms with van der Waals surface area (Å²) in [6.45, 7) is 0. The summed E-state index contributed by atoms with van der Waals surface area (Å²) in [6.07, 6.45) is 0. The van der Waals surface area contributed by atoms with Gasteiger partial charge in [0, 0.05) is 0 Å². The van der Waals surface area contributed by atoms with Crippen LogP contribution >= 0.6 is 0 Å². The van der Waals surface area contributed by atoms with Gasteiger partial charge in [0.05, 0.1) is 14.2 Å². The molecule has 0 bridgehead atoms. The molecule has 0 heterocycles. The monoisotopic (exact) mass is 326 g/mol. The summed E-state index contributed by atoms with van der Waals surface area (Å²) in [5, 5.41) is 0. The molecule has 0 spiro atoms. The zero-order valence-corrected chi connectivity index (χ0v) is 16.3. The topological polar surface area (TPSA) is 18.5 Å². The van der Waals surface area contributed by atoms with E-state index in [1.54, 1.807) is 14.2 Å². The molecule has 0 amide bonds. The summed E-state index contributed by atoms with van der Waals surface area (Å²) in [5.41, 5.74) is 3.31. The van der Waals surface area contributed by atoms with Gasteiger partial charge in [-0.05, 0) is 11.6 Å². The van der Waals surface area contributed by atoms with E-state index in [-0.39, 0.29) is 29.6 Å². The molecule has 3 rings (SSSR count). The molecule has 0 radical (unpaired) electrons. The predicted molar refractivity (Wildman–Crippen MR) is 93.0 cm³/mol. The number of benzene rings is 3. The normalized spacial score (nSPS) is 9.75. The van der Waals surface area contributed by atoms with E-state index in [9.17, 15) is 0 Å². The Morgan fingerprint density at radius 2 is 1.17 bits per heavy atom. The minimum Gasteiger partial charge on any atom is -0.517 e. The molecule has 0 aliphatic carbocycles. The molecule has 0 saturated heterocycles. The first kappa shape index (κ1) is 18.5. The standard InChI is InChI=1S/C21H19O2.Na/c1-22-19-15-9-14-18(21(19)23-2)20(16-10-5-3-6-11-16)17-12-7-4-8-13-17;/h3-15H,1-2H3;/q-1;+1. The van der Waals surface area contributed by atoms with E-state index >= 15 is 0 Å². The van der Waals surface area contributed by atoms with Crippen molar-refractivity contribution in [1.82, 2.24) is 0 Å². The van der Waals surface area contributed by atoms with E-state index in [0.29, 0.717) is 0 Å². The number of ether oxygens (including phenoxy) is 2. The molecule has 0 saturated carbocycles. The molecular formula is C21H19NaO2. The molecule has 116 valence electrons. The molecule has 0 aliphatic rings. The number of rotatable bonds is 5. The van der Waals surface area contributed by atoms with Gasteiger partial charge >= 0.3 is 29.6 Å². The number of methoxy groups -OCH3 is 2. The largest absolute Gasteiger partial charge is 1.00 e. The zero-order valence-electron chi connectivity index (χ0n) is 14.3. The Balaban J connectivity index is 0.00000208. The van der Waals surface area contributed by atoms with Crippen LogP contribution in [0.25, 0.3) is 0 Å². The first-order valence-electron chi connectivity index (χ1n) is 7.54. The minimum absolute atomic E-state index is 0. The van der Waals surface area contributed by atoms with Crippen LogP contribution in [0.3, 0.4) is 0 Å². The number of hydrogen-bond acceptors (Lipinski definition) is 2. The second-order valence-corrected chi connectivity index (χ2v) is 5.15. The molecule has 0 N–H and O–H groups in total. The average molecular weight is 326 g/mol. The molecule has 0 atom stereocenters. The maximum absolute atomic E-state index is 5.65. The molecule has 3 heteroatoms. The van der Waals surface area contributed by atoms with E-state index in [0.717, 1.165) is 34.1 Å². The van der Waals surface area contributed by atoms with E-state index in [1.165, 1.54) is 0 Å². The van der Waals surface area contributed by atoms with Gasteiger partial charge in [-0.2, -0.15) is 0 Å². The third-order valence-electron chi connectivity index (χ3n) is 3.80. The van der Waals surface area contributed by atoms with Crippen LogP contribution in [0, 0.1) is 5.92 Å². The van der Waals surface area contributed by atoms with Crippen molar-refractivity contribution in [3.05, 3.63) is 101 Å². The third kappa shape index (κ3) is 3.78. The molecule has 3 aromatic carbocycles. The average Bonchev–Trinajstić information content (AvgIpc) is 2.63. The van der Waals surface area contributed by atoms with E-state index in [4.69, 9.17) is 9.47 Å². The summed E-state index contributed by atoms with van der Waals surface area (Å²) in [6, 6.07) is 26.6. The number of para-hydroxylation sites is 1. The molecule has 2 nitrogen and oxygen atoms in total. The van der Waals surface area contributed by atoms with Gasteiger partial charge in [-0.3, -0.25) is 0 Å². The molecular weight excluding hydrogens is 307 g/mol. The van der Waals surface area contributed by atoms with Gasteiger partial charge in [0.1, 0.15) is 11.5 Å². The second kappa shape index (κ2) is 8.84. The van der Waals surface area contributed by atoms with E-state index < -0.39 is 0 Å². The molecule has 24 heavy (non-hydrogen) atoms. The zero-order chi connectivity index (χ0) is 16.1. The van der Waals surface area contributed by atoms with E-state index in [2.05, 4.69) is 30.3 Å². The quantitative estimate of drug-likeness (QED) is 0.404. The van der Waals surface area contributed by atoms with Gasteiger partial charge in [-0.15, -0.1) is 0 Å². The summed E-state index contributed by atoms with van der Waals surface area (Å²) in [5.74, 6) is 2.61. The summed E-state index contributed by atoms with van der Waals surface area (Å²) < 4.78 is 11.1. The van der Waals surface area contributed by atoms with Gasteiger partial charge in [0.2, 0.25) is 0 Å². The fraction of sp³-hybridized carbons (Fsp3) is 0.0952. The Kier molecular flexibility index (Phi) is 6.80. The van der Waals surface area contributed by atoms with Crippen molar-refractivity contribution in [3.63, 3.8) is 0 Å². The van der Waals surface area contributed by atoms with Crippen molar-refractivity contribution in [2.75, 3.05) is 14.2 Å². The number of hydrogen-bond donors (Lipinski definition) is 0. The first-order valence-corrected chi connectivity index (χ1v) is 7.54. The van der Waals surface area contributed by atoms with Gasteiger partial charge in [0.15, 0.2) is 0 Å². The second-order valence-electron chi connectivity index (χ2n) is 5.15. The van der Waals surface area contributed by atoms with Crippen molar-refractivity contribution in [3.8, 4) is 11.5 Å². The van der Waals surface area contributed by atoms with Crippen LogP contribution in [0.2, 0.25) is 0 Å². The Labute approximate surface area is 165 Å². The van der Waals surface area contributed by atoms with Crippen molar-refractivity contribution in [1.29, 1.82) is 0 Å². The summed E-state index contributed by atoms with van der Waals surface area (Å²) in [4.78, 5) is 0. The minimum atomic E-state index is 0. The fourth-order valence-corrected chi connectivity index (χ4v) is 2.77. The Morgan fingerprint density at radius 1 is 0.625 bits per heavy atom. The molecule has 0 aromatic heterocycles. The van der Waals surface area contributed by atoms with Crippen LogP contribution in [0.5, 0.6) is 11.5 Å². The van der Waals surface area contributed by atoms with Gasteiger partial charge in [-0.1, -0.05) is 89.8 Å². The fourth-order valence-electron chi connectivity index (χ4n) is 2.77. The van der Waals surface area contributed by atoms with Gasteiger partial charge < -0.3 is 9.47 Å². The SMILES string of the molecule is COc1cccc([C-](c2ccccc2)c2ccccc2)c1OC.[Na+]. The van der Waals surface area contributed by atoms with Crippen LogP contribution in [-0.4, -0.2) is 14.2 Å². The molecule has 0 unspecified atom stereocenters.